The van der Waals surface area contributed by atoms with Gasteiger partial charge in [-0.05, 0) is 66.8 Å². The van der Waals surface area contributed by atoms with Gasteiger partial charge in [-0.15, -0.1) is 0 Å². The van der Waals surface area contributed by atoms with Crippen LogP contribution in [0.15, 0.2) is 54.7 Å². The molecule has 1 aliphatic carbocycles. The van der Waals surface area contributed by atoms with Crippen molar-refractivity contribution in [3.05, 3.63) is 65.9 Å². The fourth-order valence-electron chi connectivity index (χ4n) is 6.22. The van der Waals surface area contributed by atoms with Crippen molar-refractivity contribution in [3.63, 3.8) is 0 Å². The average molecular weight is 600 g/mol. The zero-order chi connectivity index (χ0) is 31.9. The largest absolute Gasteiger partial charge is 0.465 e. The number of nitrogens with one attached hydrogen (secondary N) is 1. The first-order valence-corrected chi connectivity index (χ1v) is 15.1. The molecule has 2 N–H and O–H groups in total. The number of rotatable bonds is 7. The lowest BCUT2D eigenvalue weighted by atomic mass is 9.87. The van der Waals surface area contributed by atoms with E-state index in [-0.39, 0.29) is 30.2 Å². The highest BCUT2D eigenvalue weighted by Crippen LogP contribution is 2.44. The van der Waals surface area contributed by atoms with Crippen LogP contribution in [0.2, 0.25) is 0 Å². The summed E-state index contributed by atoms with van der Waals surface area (Å²) in [6, 6.07) is 12.2. The van der Waals surface area contributed by atoms with Gasteiger partial charge in [0.25, 0.3) is 5.91 Å². The third kappa shape index (κ3) is 6.11. The van der Waals surface area contributed by atoms with Gasteiger partial charge >= 0.3 is 6.09 Å². The lowest BCUT2D eigenvalue weighted by molar-refractivity contribution is -0.131. The molecule has 10 nitrogen and oxygen atoms in total. The van der Waals surface area contributed by atoms with E-state index in [1.165, 1.54) is 14.0 Å². The number of likely N-dealkylation sites (N-methyl/N-ethyl adjacent to an activating group) is 1. The topological polar surface area (TPSA) is 123 Å². The molecule has 0 radical (unpaired) electrons. The van der Waals surface area contributed by atoms with Gasteiger partial charge < -0.3 is 20.2 Å². The number of fused-ring (bicyclic) bond motifs is 2. The highest BCUT2D eigenvalue weighted by Gasteiger charge is 2.43. The number of nitrogens with zero attached hydrogens (tertiary/aromatic N) is 4. The van der Waals surface area contributed by atoms with Crippen molar-refractivity contribution in [1.82, 2.24) is 15.2 Å². The van der Waals surface area contributed by atoms with Gasteiger partial charge in [-0.25, -0.2) is 4.79 Å². The van der Waals surface area contributed by atoms with Crippen LogP contribution in [0.1, 0.15) is 70.9 Å². The molecule has 0 bridgehead atoms. The molecule has 0 saturated heterocycles. The second-order valence-corrected chi connectivity index (χ2v) is 13.2. The van der Waals surface area contributed by atoms with Gasteiger partial charge in [0.2, 0.25) is 11.8 Å². The molecule has 10 heteroatoms. The zero-order valence-electron chi connectivity index (χ0n) is 26.2. The highest BCUT2D eigenvalue weighted by atomic mass is 16.4. The molecule has 2 heterocycles. The van der Waals surface area contributed by atoms with Crippen LogP contribution in [0.3, 0.4) is 0 Å². The molecule has 4 amide bonds. The van der Waals surface area contributed by atoms with Gasteiger partial charge in [0, 0.05) is 25.6 Å². The zero-order valence-corrected chi connectivity index (χ0v) is 26.2. The van der Waals surface area contributed by atoms with Gasteiger partial charge in [0.15, 0.2) is 0 Å². The van der Waals surface area contributed by atoms with Crippen molar-refractivity contribution in [2.75, 3.05) is 16.8 Å². The Morgan fingerprint density at radius 1 is 1.07 bits per heavy atom. The van der Waals surface area contributed by atoms with E-state index in [0.717, 1.165) is 39.8 Å². The predicted molar refractivity (Wildman–Crippen MR) is 170 cm³/mol. The molecule has 1 aliphatic heterocycles. The third-order valence-electron chi connectivity index (χ3n) is 8.62. The number of aromatic nitrogens is 1. The Bertz CT molecular complexity index is 1610. The Kier molecular flexibility index (Phi) is 8.38. The quantitative estimate of drug-likeness (QED) is 0.380. The summed E-state index contributed by atoms with van der Waals surface area (Å²) < 4.78 is 0. The fraction of sp³-hybridized carbons (Fsp3) is 0.441. The second-order valence-electron chi connectivity index (χ2n) is 13.2. The normalized spacial score (nSPS) is 19.3. The van der Waals surface area contributed by atoms with E-state index in [9.17, 15) is 24.3 Å². The first-order chi connectivity index (χ1) is 20.8. The van der Waals surface area contributed by atoms with E-state index in [2.05, 4.69) is 5.32 Å². The van der Waals surface area contributed by atoms with Crippen LogP contribution in [-0.4, -0.2) is 64.0 Å². The second kappa shape index (κ2) is 11.9. The molecule has 0 unspecified atom stereocenters. The first-order valence-electron chi connectivity index (χ1n) is 15.1. The number of carboxylic acid groups (broad SMARTS) is 1. The van der Waals surface area contributed by atoms with Gasteiger partial charge in [-0.3, -0.25) is 24.3 Å². The molecule has 1 fully saturated rings. The van der Waals surface area contributed by atoms with Crippen LogP contribution in [0, 0.1) is 5.41 Å². The number of hydrogen-bond donors (Lipinski definition) is 2. The maximum absolute atomic E-state index is 14.7. The molecule has 1 saturated carbocycles. The number of anilines is 2. The van der Waals surface area contributed by atoms with Crippen molar-refractivity contribution in [1.29, 1.82) is 0 Å². The van der Waals surface area contributed by atoms with Crippen LogP contribution in [0.4, 0.5) is 16.2 Å². The van der Waals surface area contributed by atoms with Crippen molar-refractivity contribution in [3.8, 4) is 0 Å². The van der Waals surface area contributed by atoms with E-state index in [4.69, 9.17) is 4.98 Å². The maximum atomic E-state index is 14.7. The van der Waals surface area contributed by atoms with Crippen molar-refractivity contribution in [2.24, 2.45) is 5.41 Å². The molecule has 3 atom stereocenters. The summed E-state index contributed by atoms with van der Waals surface area (Å²) in [6.07, 6.45) is 3.01. The minimum atomic E-state index is -1.24. The minimum Gasteiger partial charge on any atom is -0.465 e. The summed E-state index contributed by atoms with van der Waals surface area (Å²) in [7, 11) is 1.36. The first kappa shape index (κ1) is 31.0. The van der Waals surface area contributed by atoms with Crippen LogP contribution in [0.5, 0.6) is 0 Å². The van der Waals surface area contributed by atoms with Gasteiger partial charge in [-0.2, -0.15) is 0 Å². The summed E-state index contributed by atoms with van der Waals surface area (Å²) in [5, 5.41) is 13.6. The van der Waals surface area contributed by atoms with Crippen LogP contribution in [-0.2, 0) is 20.9 Å². The molecular formula is C34H41N5O5. The molecular weight excluding hydrogens is 558 g/mol. The van der Waals surface area contributed by atoms with E-state index in [1.807, 2.05) is 75.5 Å². The highest BCUT2D eigenvalue weighted by molar-refractivity contribution is 6.08. The molecule has 2 aromatic carbocycles. The van der Waals surface area contributed by atoms with E-state index < -0.39 is 30.1 Å². The SMILES string of the molecule is CC(=O)N1c2ccccc2N(Cc2c(C3CC3)cnc3ccccc23)C(=O)[C@@H](NC(=O)[C@H](CC(C)(C)C)N(C)C(=O)O)[C@@H]1C. The lowest BCUT2D eigenvalue weighted by Gasteiger charge is -2.35. The molecule has 0 spiro atoms. The monoisotopic (exact) mass is 599 g/mol. The number of carbonyl (C=O) groups excluding carboxylic acids is 3. The summed E-state index contributed by atoms with van der Waals surface area (Å²) in [6.45, 7) is 9.17. The third-order valence-corrected chi connectivity index (χ3v) is 8.62. The standard InChI is InChI=1S/C34H41N5O5/c1-20-30(36-31(41)29(17-34(3,4)5)37(6)33(43)44)32(42)38(27-13-9-10-14-28(27)39(20)21(2)40)19-25-23-11-7-8-12-26(23)35-18-24(25)22-15-16-22/h7-14,18,20,22,29-30H,15-17,19H2,1-6H3,(H,36,41)(H,43,44)/t20-,29-,30-/m0/s1. The van der Waals surface area contributed by atoms with E-state index >= 15 is 0 Å². The van der Waals surface area contributed by atoms with Gasteiger partial charge in [0.05, 0.1) is 29.5 Å². The van der Waals surface area contributed by atoms with Crippen LogP contribution in [0.25, 0.3) is 10.9 Å². The predicted octanol–water partition coefficient (Wildman–Crippen LogP) is 5.30. The Balaban J connectivity index is 1.61. The smallest absolute Gasteiger partial charge is 0.407 e. The summed E-state index contributed by atoms with van der Waals surface area (Å²) >= 11 is 0. The van der Waals surface area contributed by atoms with Crippen molar-refractivity contribution < 1.29 is 24.3 Å². The molecule has 2 aliphatic rings. The number of hydrogen-bond acceptors (Lipinski definition) is 5. The van der Waals surface area contributed by atoms with Gasteiger partial charge in [0.1, 0.15) is 12.1 Å². The number of carbonyl (C=O) groups is 4. The Hall–Kier alpha value is -4.47. The molecule has 232 valence electrons. The van der Waals surface area contributed by atoms with Crippen molar-refractivity contribution >= 4 is 46.1 Å². The van der Waals surface area contributed by atoms with Crippen LogP contribution >= 0.6 is 0 Å². The Labute approximate surface area is 258 Å². The van der Waals surface area contributed by atoms with Crippen molar-refractivity contribution in [2.45, 2.75) is 84.5 Å². The van der Waals surface area contributed by atoms with E-state index in [0.29, 0.717) is 17.3 Å². The Morgan fingerprint density at radius 3 is 2.32 bits per heavy atom. The molecule has 1 aromatic heterocycles. The Morgan fingerprint density at radius 2 is 1.70 bits per heavy atom. The maximum Gasteiger partial charge on any atom is 0.407 e. The number of amides is 4. The summed E-state index contributed by atoms with van der Waals surface area (Å²) in [4.78, 5) is 62.6. The molecule has 44 heavy (non-hydrogen) atoms. The number of pyridine rings is 1. The lowest BCUT2D eigenvalue weighted by Crippen LogP contribution is -2.60. The fourth-order valence-corrected chi connectivity index (χ4v) is 6.22. The summed E-state index contributed by atoms with van der Waals surface area (Å²) in [5.41, 5.74) is 3.67. The summed E-state index contributed by atoms with van der Waals surface area (Å²) in [5.74, 6) is -0.873. The number of benzene rings is 2. The minimum absolute atomic E-state index is 0.218. The number of para-hydroxylation sites is 3. The molecule has 3 aromatic rings. The molecule has 5 rings (SSSR count). The van der Waals surface area contributed by atoms with Gasteiger partial charge in [-0.1, -0.05) is 51.1 Å². The van der Waals surface area contributed by atoms with Crippen LogP contribution < -0.4 is 15.1 Å². The van der Waals surface area contributed by atoms with E-state index in [1.54, 1.807) is 16.7 Å². The average Bonchev–Trinajstić information content (AvgIpc) is 3.82.